The summed E-state index contributed by atoms with van der Waals surface area (Å²) in [5, 5.41) is 23.7. The summed E-state index contributed by atoms with van der Waals surface area (Å²) in [7, 11) is 0. The van der Waals surface area contributed by atoms with Crippen LogP contribution in [0.3, 0.4) is 0 Å². The van der Waals surface area contributed by atoms with Crippen molar-refractivity contribution in [3.8, 4) is 11.8 Å². The van der Waals surface area contributed by atoms with Crippen molar-refractivity contribution in [3.05, 3.63) is 75.7 Å². The van der Waals surface area contributed by atoms with Crippen LogP contribution >= 0.6 is 11.6 Å². The standard InChI is InChI=1S/C44H47ClFN9O6/c1-43(2)41(44(3,4)42(43)61-27-6-5-23(18-47)30(45)15-27)49-37(57)32-7-9-35(51-50-32)54-21-24-19-53(20-25(24)22-54)26-11-13-52(14-12-26)34-17-29-28(16-31(34)46)39(59)55(40(29)60)33-8-10-36(56)48-38(33)58/h5-7,9,15-17,24-26,33,41-42H,8,10-14,19-22H2,1-4H3,(H,49,57)(H,48,56,58)/t24?,25?,33?,41-,42-. The smallest absolute Gasteiger partial charge is 0.272 e. The second kappa shape index (κ2) is 15.1. The molecule has 3 atom stereocenters. The fourth-order valence-corrected chi connectivity index (χ4v) is 11.3. The predicted octanol–water partition coefficient (Wildman–Crippen LogP) is 4.19. The molecule has 2 N–H and O–H groups in total. The van der Waals surface area contributed by atoms with Crippen LogP contribution in [0.2, 0.25) is 5.02 Å². The van der Waals surface area contributed by atoms with Crippen molar-refractivity contribution in [3.63, 3.8) is 0 Å². The van der Waals surface area contributed by atoms with E-state index in [1.165, 1.54) is 6.07 Å². The van der Waals surface area contributed by atoms with E-state index in [4.69, 9.17) is 16.3 Å². The number of imide groups is 2. The lowest BCUT2D eigenvalue weighted by Gasteiger charge is -2.63. The van der Waals surface area contributed by atoms with Crippen LogP contribution in [0, 0.1) is 39.8 Å². The number of nitriles is 1. The van der Waals surface area contributed by atoms with Gasteiger partial charge < -0.3 is 19.9 Å². The number of likely N-dealkylation sites (tertiary alicyclic amines) is 1. The Kier molecular flexibility index (Phi) is 10.1. The molecule has 2 aromatic carbocycles. The molecule has 15 nitrogen and oxygen atoms in total. The lowest BCUT2D eigenvalue weighted by molar-refractivity contribution is -0.164. The molecule has 6 aliphatic rings. The summed E-state index contributed by atoms with van der Waals surface area (Å²) in [6, 6.07) is 12.2. The number of carbonyl (C=O) groups excluding carboxylic acids is 5. The van der Waals surface area contributed by atoms with Gasteiger partial charge in [-0.3, -0.25) is 39.1 Å². The number of halogens is 2. The Balaban J connectivity index is 0.760. The van der Waals surface area contributed by atoms with Crippen LogP contribution in [0.25, 0.3) is 0 Å². The topological polar surface area (TPSA) is 181 Å². The van der Waals surface area contributed by atoms with Crippen molar-refractivity contribution < 1.29 is 33.1 Å². The van der Waals surface area contributed by atoms with Crippen molar-refractivity contribution in [1.82, 2.24) is 30.6 Å². The van der Waals surface area contributed by atoms with Gasteiger partial charge in [0.15, 0.2) is 11.5 Å². The molecule has 6 heterocycles. The summed E-state index contributed by atoms with van der Waals surface area (Å²) < 4.78 is 21.9. The van der Waals surface area contributed by atoms with Crippen LogP contribution in [0.15, 0.2) is 42.5 Å². The molecule has 17 heteroatoms. The molecule has 318 valence electrons. The first kappa shape index (κ1) is 40.7. The van der Waals surface area contributed by atoms with Crippen LogP contribution < -0.4 is 25.2 Å². The summed E-state index contributed by atoms with van der Waals surface area (Å²) in [5.74, 6) is -1.22. The molecular weight excluding hydrogens is 805 g/mol. The lowest BCUT2D eigenvalue weighted by Crippen LogP contribution is -2.74. The predicted molar refractivity (Wildman–Crippen MR) is 221 cm³/mol. The Morgan fingerprint density at radius 2 is 1.57 bits per heavy atom. The third-order valence-electron chi connectivity index (χ3n) is 14.0. The molecule has 3 aromatic rings. The highest BCUT2D eigenvalue weighted by Crippen LogP contribution is 2.55. The monoisotopic (exact) mass is 851 g/mol. The van der Waals surface area contributed by atoms with Gasteiger partial charge in [0.05, 0.1) is 27.4 Å². The molecule has 0 spiro atoms. The highest BCUT2D eigenvalue weighted by atomic mass is 35.5. The number of benzene rings is 2. The number of fused-ring (bicyclic) bond motifs is 2. The quantitative estimate of drug-likeness (QED) is 0.309. The van der Waals surface area contributed by atoms with Crippen molar-refractivity contribution in [1.29, 1.82) is 5.26 Å². The number of anilines is 2. The molecule has 1 aliphatic carbocycles. The van der Waals surface area contributed by atoms with Gasteiger partial charge >= 0.3 is 0 Å². The maximum atomic E-state index is 15.5. The SMILES string of the molecule is CC1(C)[C@H](NC(=O)c2ccc(N3CC4CN(C5CCN(c6cc7c(cc6F)C(=O)N(C6CCC(=O)NC6=O)C7=O)CC5)CC4C3)nn2)C(C)(C)[C@H]1Oc1ccc(C#N)c(Cl)c1. The molecule has 5 amide bonds. The van der Waals surface area contributed by atoms with E-state index < -0.39 is 46.3 Å². The van der Waals surface area contributed by atoms with Crippen LogP contribution in [-0.2, 0) is 9.59 Å². The highest BCUT2D eigenvalue weighted by molar-refractivity contribution is 6.31. The molecule has 0 radical (unpaired) electrons. The van der Waals surface area contributed by atoms with E-state index in [1.54, 1.807) is 24.3 Å². The van der Waals surface area contributed by atoms with E-state index in [0.717, 1.165) is 55.8 Å². The average Bonchev–Trinajstić information content (AvgIpc) is 3.89. The number of nitrogens with one attached hydrogen (secondary N) is 2. The second-order valence-electron chi connectivity index (χ2n) is 18.5. The first-order valence-electron chi connectivity index (χ1n) is 20.8. The third-order valence-corrected chi connectivity index (χ3v) is 14.3. The normalized spacial score (nSPS) is 27.0. The van der Waals surface area contributed by atoms with E-state index >= 15 is 4.39 Å². The highest BCUT2D eigenvalue weighted by Gasteiger charge is 2.64. The van der Waals surface area contributed by atoms with E-state index in [-0.39, 0.29) is 53.4 Å². The third kappa shape index (κ3) is 6.95. The molecule has 5 fully saturated rings. The fraction of sp³-hybridized carbons (Fsp3) is 0.500. The van der Waals surface area contributed by atoms with Crippen molar-refractivity contribution in [2.45, 2.75) is 77.6 Å². The van der Waals surface area contributed by atoms with E-state index in [2.05, 4.69) is 64.4 Å². The van der Waals surface area contributed by atoms with Gasteiger partial charge in [0, 0.05) is 74.7 Å². The zero-order chi connectivity index (χ0) is 43.1. The Labute approximate surface area is 357 Å². The van der Waals surface area contributed by atoms with Crippen molar-refractivity contribution >= 4 is 52.6 Å². The molecule has 5 aliphatic heterocycles. The number of rotatable bonds is 8. The molecule has 3 unspecified atom stereocenters. The number of carbonyl (C=O) groups is 5. The van der Waals surface area contributed by atoms with Gasteiger partial charge in [-0.15, -0.1) is 10.2 Å². The molecule has 1 aromatic heterocycles. The second-order valence-corrected chi connectivity index (χ2v) is 18.9. The first-order chi connectivity index (χ1) is 29.0. The fourth-order valence-electron chi connectivity index (χ4n) is 11.1. The van der Waals surface area contributed by atoms with Gasteiger partial charge in [0.1, 0.15) is 29.8 Å². The van der Waals surface area contributed by atoms with Gasteiger partial charge in [-0.1, -0.05) is 39.3 Å². The largest absolute Gasteiger partial charge is 0.489 e. The maximum Gasteiger partial charge on any atom is 0.272 e. The summed E-state index contributed by atoms with van der Waals surface area (Å²) in [6.45, 7) is 12.9. The van der Waals surface area contributed by atoms with Gasteiger partial charge in [-0.25, -0.2) is 4.39 Å². The average molecular weight is 852 g/mol. The minimum atomic E-state index is -1.11. The van der Waals surface area contributed by atoms with Crippen LogP contribution in [0.4, 0.5) is 15.9 Å². The minimum Gasteiger partial charge on any atom is -0.489 e. The van der Waals surface area contributed by atoms with Gasteiger partial charge in [0.25, 0.3) is 17.7 Å². The Morgan fingerprint density at radius 1 is 0.902 bits per heavy atom. The van der Waals surface area contributed by atoms with E-state index in [0.29, 0.717) is 47.3 Å². The Morgan fingerprint density at radius 3 is 2.18 bits per heavy atom. The summed E-state index contributed by atoms with van der Waals surface area (Å²) in [4.78, 5) is 71.6. The number of amides is 5. The number of hydrogen-bond acceptors (Lipinski definition) is 12. The number of aromatic nitrogens is 2. The van der Waals surface area contributed by atoms with Crippen molar-refractivity contribution in [2.75, 3.05) is 49.1 Å². The molecule has 61 heavy (non-hydrogen) atoms. The molecule has 4 saturated heterocycles. The zero-order valence-electron chi connectivity index (χ0n) is 34.4. The summed E-state index contributed by atoms with van der Waals surface area (Å²) in [6.07, 6.45) is 1.45. The van der Waals surface area contributed by atoms with E-state index in [1.807, 2.05) is 11.0 Å². The van der Waals surface area contributed by atoms with Crippen molar-refractivity contribution in [2.24, 2.45) is 22.7 Å². The number of nitrogens with zero attached hydrogens (tertiary/aromatic N) is 7. The van der Waals surface area contributed by atoms with Gasteiger partial charge in [-0.2, -0.15) is 5.26 Å². The Hall–Kier alpha value is -5.66. The van der Waals surface area contributed by atoms with Crippen LogP contribution in [0.5, 0.6) is 5.75 Å². The molecular formula is C44H47ClFN9O6. The zero-order valence-corrected chi connectivity index (χ0v) is 35.2. The van der Waals surface area contributed by atoms with Crippen LogP contribution in [-0.4, -0.2) is 113 Å². The molecule has 0 bridgehead atoms. The Bertz CT molecular complexity index is 2370. The summed E-state index contributed by atoms with van der Waals surface area (Å²) in [5.41, 5.74) is 0.0590. The number of hydrogen-bond donors (Lipinski definition) is 2. The molecule has 9 rings (SSSR count). The van der Waals surface area contributed by atoms with Gasteiger partial charge in [-0.05, 0) is 67.5 Å². The first-order valence-corrected chi connectivity index (χ1v) is 21.2. The van der Waals surface area contributed by atoms with Crippen LogP contribution in [0.1, 0.15) is 90.1 Å². The lowest BCUT2D eigenvalue weighted by atomic mass is 9.49. The minimum absolute atomic E-state index is 0.0122. The maximum absolute atomic E-state index is 15.5. The number of piperidine rings is 2. The summed E-state index contributed by atoms with van der Waals surface area (Å²) >= 11 is 6.24. The number of ether oxygens (including phenoxy) is 1. The van der Waals surface area contributed by atoms with E-state index in [9.17, 15) is 29.2 Å². The molecule has 1 saturated carbocycles. The van der Waals surface area contributed by atoms with Gasteiger partial charge in [0.2, 0.25) is 11.8 Å².